The second-order valence-electron chi connectivity index (χ2n) is 9.97. The lowest BCUT2D eigenvalue weighted by atomic mass is 9.94. The number of rotatable bonds is 7. The third kappa shape index (κ3) is 5.73. The number of piperidine rings is 1. The van der Waals surface area contributed by atoms with Crippen LogP contribution >= 0.6 is 11.3 Å². The first-order valence-corrected chi connectivity index (χ1v) is 15.2. The minimum absolute atomic E-state index is 0.107. The average molecular weight is 574 g/mol. The summed E-state index contributed by atoms with van der Waals surface area (Å²) >= 11 is 1.29. The molecular weight excluding hydrogens is 542 g/mol. The first-order valence-electron chi connectivity index (χ1n) is 12.9. The van der Waals surface area contributed by atoms with Gasteiger partial charge < -0.3 is 18.8 Å². The summed E-state index contributed by atoms with van der Waals surface area (Å²) in [4.78, 5) is 30.1. The Bertz CT molecular complexity index is 1570. The molecule has 208 valence electrons. The number of hydrogen-bond donors (Lipinski definition) is 0. The highest BCUT2D eigenvalue weighted by Crippen LogP contribution is 2.37. The Morgan fingerprint density at radius 3 is 2.41 bits per heavy atom. The molecule has 3 heterocycles. The number of fused-ring (bicyclic) bond motifs is 2. The van der Waals surface area contributed by atoms with Gasteiger partial charge in [-0.2, -0.15) is 9.30 Å². The molecule has 0 N–H and O–H groups in total. The zero-order chi connectivity index (χ0) is 27.7. The van der Waals surface area contributed by atoms with Crippen LogP contribution in [0.15, 0.2) is 46.3 Å². The number of nitrogens with zero attached hydrogens (tertiary/aromatic N) is 3. The van der Waals surface area contributed by atoms with E-state index in [1.165, 1.54) is 39.9 Å². The zero-order valence-corrected chi connectivity index (χ0v) is 23.7. The summed E-state index contributed by atoms with van der Waals surface area (Å²) in [5.41, 5.74) is 1.02. The van der Waals surface area contributed by atoms with E-state index in [1.54, 1.807) is 11.5 Å². The first kappa shape index (κ1) is 27.4. The van der Waals surface area contributed by atoms with Gasteiger partial charge in [-0.15, -0.1) is 0 Å². The second kappa shape index (κ2) is 11.1. The molecule has 39 heavy (non-hydrogen) atoms. The molecule has 0 aliphatic carbocycles. The topological polar surface area (TPSA) is 117 Å². The summed E-state index contributed by atoms with van der Waals surface area (Å²) < 4.78 is 46.6. The maximum absolute atomic E-state index is 13.2. The quantitative estimate of drug-likeness (QED) is 0.395. The van der Waals surface area contributed by atoms with Crippen LogP contribution in [0.4, 0.5) is 0 Å². The van der Waals surface area contributed by atoms with Gasteiger partial charge in [0.25, 0.3) is 5.91 Å². The standard InChI is InChI=1S/C27H31N3O7S2/c1-4-35-25(31)9-10-30-21-12-22-23(37-16-36-22)13-24(21)38-27(30)28-26(32)19-5-7-20(8-6-19)39(33,34)29-14-17(2)11-18(3)15-29/h5-8,12-13,17-18H,4,9-11,14-16H2,1-3H3. The van der Waals surface area contributed by atoms with E-state index >= 15 is 0 Å². The molecule has 10 nitrogen and oxygen atoms in total. The van der Waals surface area contributed by atoms with Crippen LogP contribution in [0.3, 0.4) is 0 Å². The van der Waals surface area contributed by atoms with E-state index < -0.39 is 15.9 Å². The van der Waals surface area contributed by atoms with Crippen molar-refractivity contribution in [3.63, 3.8) is 0 Å². The Labute approximate surface area is 230 Å². The molecule has 0 spiro atoms. The van der Waals surface area contributed by atoms with E-state index in [0.717, 1.165) is 16.6 Å². The van der Waals surface area contributed by atoms with Gasteiger partial charge in [-0.25, -0.2) is 8.42 Å². The molecule has 2 atom stereocenters. The van der Waals surface area contributed by atoms with Crippen molar-refractivity contribution in [2.24, 2.45) is 16.8 Å². The van der Waals surface area contributed by atoms with E-state index in [1.807, 2.05) is 12.1 Å². The number of esters is 1. The molecule has 2 unspecified atom stereocenters. The summed E-state index contributed by atoms with van der Waals surface area (Å²) in [5.74, 6) is 0.900. The number of benzene rings is 2. The molecule has 0 saturated carbocycles. The van der Waals surface area contributed by atoms with E-state index in [-0.39, 0.29) is 42.8 Å². The van der Waals surface area contributed by atoms with E-state index in [4.69, 9.17) is 14.2 Å². The predicted octanol–water partition coefficient (Wildman–Crippen LogP) is 3.79. The molecule has 1 saturated heterocycles. The van der Waals surface area contributed by atoms with Crippen molar-refractivity contribution in [3.05, 3.63) is 46.8 Å². The molecule has 2 aliphatic heterocycles. The van der Waals surface area contributed by atoms with Crippen LogP contribution < -0.4 is 14.3 Å². The number of thiazole rings is 1. The highest BCUT2D eigenvalue weighted by Gasteiger charge is 2.31. The fourth-order valence-electron chi connectivity index (χ4n) is 5.07. The normalized spacial score (nSPS) is 19.9. The van der Waals surface area contributed by atoms with Gasteiger partial charge in [-0.1, -0.05) is 25.2 Å². The van der Waals surface area contributed by atoms with Gasteiger partial charge in [0.15, 0.2) is 16.3 Å². The minimum atomic E-state index is -3.66. The van der Waals surface area contributed by atoms with E-state index in [2.05, 4.69) is 18.8 Å². The lowest BCUT2D eigenvalue weighted by Gasteiger charge is -2.34. The SMILES string of the molecule is CCOC(=O)CCn1c(=NC(=O)c2ccc(S(=O)(=O)N3CC(C)CC(C)C3)cc2)sc2cc3c(cc21)OCO3. The molecule has 5 rings (SSSR count). The smallest absolute Gasteiger partial charge is 0.307 e. The Hall–Kier alpha value is -3.22. The molecule has 1 aromatic heterocycles. The predicted molar refractivity (Wildman–Crippen MR) is 145 cm³/mol. The minimum Gasteiger partial charge on any atom is -0.466 e. The number of aromatic nitrogens is 1. The summed E-state index contributed by atoms with van der Waals surface area (Å²) in [6.45, 7) is 7.50. The second-order valence-corrected chi connectivity index (χ2v) is 12.9. The van der Waals surface area contributed by atoms with Gasteiger partial charge in [-0.3, -0.25) is 9.59 Å². The van der Waals surface area contributed by atoms with Gasteiger partial charge in [0.1, 0.15) is 0 Å². The van der Waals surface area contributed by atoms with Crippen LogP contribution in [0.5, 0.6) is 11.5 Å². The maximum Gasteiger partial charge on any atom is 0.307 e. The van der Waals surface area contributed by atoms with Crippen LogP contribution in [-0.2, 0) is 26.1 Å². The van der Waals surface area contributed by atoms with Crippen molar-refractivity contribution < 1.29 is 32.2 Å². The van der Waals surface area contributed by atoms with Crippen molar-refractivity contribution in [2.75, 3.05) is 26.5 Å². The highest BCUT2D eigenvalue weighted by atomic mass is 32.2. The fourth-order valence-corrected chi connectivity index (χ4v) is 7.81. The van der Waals surface area contributed by atoms with Gasteiger partial charge >= 0.3 is 5.97 Å². The lowest BCUT2D eigenvalue weighted by Crippen LogP contribution is -2.42. The van der Waals surface area contributed by atoms with Crippen molar-refractivity contribution >= 4 is 43.5 Å². The van der Waals surface area contributed by atoms with Crippen molar-refractivity contribution in [2.45, 2.75) is 45.1 Å². The molecule has 1 amide bonds. The number of amides is 1. The summed E-state index contributed by atoms with van der Waals surface area (Å²) in [5, 5.41) is 0. The fraction of sp³-hybridized carbons (Fsp3) is 0.444. The first-order chi connectivity index (χ1) is 18.7. The van der Waals surface area contributed by atoms with Crippen LogP contribution in [0.25, 0.3) is 10.2 Å². The molecular formula is C27H31N3O7S2. The average Bonchev–Trinajstić information content (AvgIpc) is 3.48. The number of carbonyl (C=O) groups is 2. The van der Waals surface area contributed by atoms with Crippen molar-refractivity contribution in [1.29, 1.82) is 0 Å². The lowest BCUT2D eigenvalue weighted by molar-refractivity contribution is -0.143. The van der Waals surface area contributed by atoms with Crippen LogP contribution in [0.1, 0.15) is 44.0 Å². The number of hydrogen-bond acceptors (Lipinski definition) is 8. The van der Waals surface area contributed by atoms with Crippen LogP contribution in [0, 0.1) is 11.8 Å². The summed E-state index contributed by atoms with van der Waals surface area (Å²) in [7, 11) is -3.66. The summed E-state index contributed by atoms with van der Waals surface area (Å²) in [6.07, 6.45) is 1.11. The Morgan fingerprint density at radius 2 is 1.74 bits per heavy atom. The number of carbonyl (C=O) groups excluding carboxylic acids is 2. The third-order valence-electron chi connectivity index (χ3n) is 6.79. The number of sulfonamides is 1. The highest BCUT2D eigenvalue weighted by molar-refractivity contribution is 7.89. The Balaban J connectivity index is 1.44. The van der Waals surface area contributed by atoms with Gasteiger partial charge in [0.05, 0.1) is 28.1 Å². The molecule has 2 aliphatic rings. The molecule has 12 heteroatoms. The van der Waals surface area contributed by atoms with Crippen LogP contribution in [0.2, 0.25) is 0 Å². The molecule has 2 aromatic carbocycles. The Morgan fingerprint density at radius 1 is 1.08 bits per heavy atom. The molecule has 0 bridgehead atoms. The monoisotopic (exact) mass is 573 g/mol. The van der Waals surface area contributed by atoms with Gasteiger partial charge in [-0.05, 0) is 49.4 Å². The van der Waals surface area contributed by atoms with E-state index in [9.17, 15) is 18.0 Å². The van der Waals surface area contributed by atoms with E-state index in [0.29, 0.717) is 41.2 Å². The van der Waals surface area contributed by atoms with Crippen molar-refractivity contribution in [1.82, 2.24) is 8.87 Å². The largest absolute Gasteiger partial charge is 0.466 e. The van der Waals surface area contributed by atoms with Crippen molar-refractivity contribution in [3.8, 4) is 11.5 Å². The third-order valence-corrected chi connectivity index (χ3v) is 9.68. The number of aryl methyl sites for hydroxylation is 1. The van der Waals surface area contributed by atoms with Gasteiger partial charge in [0, 0.05) is 37.3 Å². The van der Waals surface area contributed by atoms with Crippen LogP contribution in [-0.4, -0.2) is 55.7 Å². The van der Waals surface area contributed by atoms with Gasteiger partial charge in [0.2, 0.25) is 16.8 Å². The maximum atomic E-state index is 13.2. The summed E-state index contributed by atoms with van der Waals surface area (Å²) in [6, 6.07) is 9.53. The Kier molecular flexibility index (Phi) is 7.79. The molecule has 0 radical (unpaired) electrons. The zero-order valence-electron chi connectivity index (χ0n) is 22.1. The molecule has 1 fully saturated rings. The number of ether oxygens (including phenoxy) is 3. The molecule has 3 aromatic rings.